The van der Waals surface area contributed by atoms with Gasteiger partial charge in [-0.3, -0.25) is 4.79 Å². The molecule has 1 heterocycles. The third-order valence-electron chi connectivity index (χ3n) is 5.20. The molecule has 1 saturated carbocycles. The Morgan fingerprint density at radius 1 is 1.26 bits per heavy atom. The molecule has 1 aliphatic heterocycles. The van der Waals surface area contributed by atoms with Crippen molar-refractivity contribution in [3.05, 3.63) is 34.9 Å². The second kappa shape index (κ2) is 8.09. The molecule has 1 aromatic rings. The Morgan fingerprint density at radius 2 is 2.00 bits per heavy atom. The van der Waals surface area contributed by atoms with E-state index < -0.39 is 11.7 Å². The third kappa shape index (κ3) is 5.16. The Balaban J connectivity index is 1.58. The maximum atomic E-state index is 13.1. The zero-order chi connectivity index (χ0) is 19.6. The molecule has 3 unspecified atom stereocenters. The molecule has 6 heteroatoms. The Bertz CT molecular complexity index is 701. The average Bonchev–Trinajstić information content (AvgIpc) is 3.39. The van der Waals surface area contributed by atoms with Crippen molar-refractivity contribution < 1.29 is 14.3 Å². The summed E-state index contributed by atoms with van der Waals surface area (Å²) in [6.07, 6.45) is 3.41. The Kier molecular flexibility index (Phi) is 5.99. The van der Waals surface area contributed by atoms with Crippen LogP contribution in [0.5, 0.6) is 0 Å². The molecule has 1 N–H and O–H groups in total. The number of nitrogens with one attached hydrogen (secondary N) is 1. The second-order valence-corrected chi connectivity index (χ2v) is 8.94. The van der Waals surface area contributed by atoms with Crippen LogP contribution in [0.2, 0.25) is 5.02 Å². The van der Waals surface area contributed by atoms with Crippen LogP contribution in [-0.2, 0) is 9.53 Å². The van der Waals surface area contributed by atoms with Crippen molar-refractivity contribution >= 4 is 23.6 Å². The lowest BCUT2D eigenvalue weighted by atomic mass is 10.0. The Labute approximate surface area is 166 Å². The van der Waals surface area contributed by atoms with Crippen LogP contribution in [0, 0.1) is 5.92 Å². The molecule has 3 rings (SSSR count). The van der Waals surface area contributed by atoms with E-state index in [0.29, 0.717) is 6.54 Å². The number of hydrogen-bond donors (Lipinski definition) is 1. The van der Waals surface area contributed by atoms with Crippen molar-refractivity contribution in [2.45, 2.75) is 64.0 Å². The molecule has 1 saturated heterocycles. The minimum Gasteiger partial charge on any atom is -0.444 e. The first kappa shape index (κ1) is 20.0. The van der Waals surface area contributed by atoms with Gasteiger partial charge in [0.2, 0.25) is 5.91 Å². The van der Waals surface area contributed by atoms with E-state index in [0.717, 1.165) is 42.8 Å². The van der Waals surface area contributed by atoms with Gasteiger partial charge in [-0.15, -0.1) is 0 Å². The van der Waals surface area contributed by atoms with E-state index >= 15 is 0 Å². The molecule has 27 heavy (non-hydrogen) atoms. The molecule has 148 valence electrons. The smallest absolute Gasteiger partial charge is 0.407 e. The summed E-state index contributed by atoms with van der Waals surface area (Å²) in [4.78, 5) is 27.0. The van der Waals surface area contributed by atoms with Crippen molar-refractivity contribution in [3.8, 4) is 0 Å². The summed E-state index contributed by atoms with van der Waals surface area (Å²) < 4.78 is 5.30. The molecule has 0 spiro atoms. The van der Waals surface area contributed by atoms with Gasteiger partial charge in [-0.2, -0.15) is 0 Å². The number of rotatable bonds is 4. The van der Waals surface area contributed by atoms with E-state index in [-0.39, 0.29) is 23.8 Å². The van der Waals surface area contributed by atoms with Crippen LogP contribution in [0.25, 0.3) is 0 Å². The number of piperidine rings is 1. The van der Waals surface area contributed by atoms with Crippen LogP contribution in [0.15, 0.2) is 24.3 Å². The summed E-state index contributed by atoms with van der Waals surface area (Å²) in [5.41, 5.74) is 0.542. The molecule has 1 aliphatic carbocycles. The standard InChI is InChI=1S/C21H29ClN2O3/c1-21(2,3)27-20(26)23-13-14-8-6-7-11-24(14)19(25)17-12-16(17)15-9-4-5-10-18(15)22/h4-5,9-10,14,16-17H,6-8,11-13H2,1-3H3,(H,23,26). The molecule has 1 aromatic carbocycles. The molecule has 0 bridgehead atoms. The van der Waals surface area contributed by atoms with Gasteiger partial charge >= 0.3 is 6.09 Å². The molecule has 3 atom stereocenters. The SMILES string of the molecule is CC(C)(C)OC(=O)NCC1CCCCN1C(=O)C1CC1c1ccccc1Cl. The van der Waals surface area contributed by atoms with Crippen LogP contribution in [0.3, 0.4) is 0 Å². The van der Waals surface area contributed by atoms with E-state index in [9.17, 15) is 9.59 Å². The van der Waals surface area contributed by atoms with Crippen LogP contribution < -0.4 is 5.32 Å². The topological polar surface area (TPSA) is 58.6 Å². The fourth-order valence-corrected chi connectivity index (χ4v) is 4.09. The van der Waals surface area contributed by atoms with Gasteiger partial charge in [-0.25, -0.2) is 4.79 Å². The van der Waals surface area contributed by atoms with Gasteiger partial charge < -0.3 is 15.0 Å². The minimum absolute atomic E-state index is 0.00651. The lowest BCUT2D eigenvalue weighted by Crippen LogP contribution is -2.50. The van der Waals surface area contributed by atoms with Gasteiger partial charge in [0.25, 0.3) is 0 Å². The Hall–Kier alpha value is -1.75. The molecule has 2 amide bonds. The number of amides is 2. The van der Waals surface area contributed by atoms with Crippen molar-refractivity contribution in [2.24, 2.45) is 5.92 Å². The summed E-state index contributed by atoms with van der Waals surface area (Å²) >= 11 is 6.29. The van der Waals surface area contributed by atoms with Crippen molar-refractivity contribution in [1.29, 1.82) is 0 Å². The summed E-state index contributed by atoms with van der Waals surface area (Å²) in [6.45, 7) is 6.70. The Morgan fingerprint density at radius 3 is 2.70 bits per heavy atom. The highest BCUT2D eigenvalue weighted by Crippen LogP contribution is 2.50. The van der Waals surface area contributed by atoms with Crippen molar-refractivity contribution in [1.82, 2.24) is 10.2 Å². The molecule has 5 nitrogen and oxygen atoms in total. The van der Waals surface area contributed by atoms with Crippen LogP contribution >= 0.6 is 11.6 Å². The van der Waals surface area contributed by atoms with Gasteiger partial charge in [-0.1, -0.05) is 29.8 Å². The summed E-state index contributed by atoms with van der Waals surface area (Å²) in [5.74, 6) is 0.412. The molecule has 0 radical (unpaired) electrons. The summed E-state index contributed by atoms with van der Waals surface area (Å²) in [5, 5.41) is 3.56. The normalized spacial score (nSPS) is 25.0. The third-order valence-corrected chi connectivity index (χ3v) is 5.55. The van der Waals surface area contributed by atoms with Crippen molar-refractivity contribution in [2.75, 3.05) is 13.1 Å². The maximum Gasteiger partial charge on any atom is 0.407 e. The molecule has 2 aliphatic rings. The van der Waals surface area contributed by atoms with Gasteiger partial charge in [0, 0.05) is 30.1 Å². The average molecular weight is 393 g/mol. The molecular weight excluding hydrogens is 364 g/mol. The van der Waals surface area contributed by atoms with Crippen LogP contribution in [0.4, 0.5) is 4.79 Å². The number of alkyl carbamates (subject to hydrolysis) is 1. The van der Waals surface area contributed by atoms with Gasteiger partial charge in [-0.05, 0) is 64.0 Å². The lowest BCUT2D eigenvalue weighted by molar-refractivity contribution is -0.136. The second-order valence-electron chi connectivity index (χ2n) is 8.53. The fourth-order valence-electron chi connectivity index (χ4n) is 3.82. The first-order valence-corrected chi connectivity index (χ1v) is 10.2. The number of ether oxygens (including phenoxy) is 1. The first-order chi connectivity index (χ1) is 12.8. The number of likely N-dealkylation sites (tertiary alicyclic amines) is 1. The van der Waals surface area contributed by atoms with E-state index in [1.807, 2.05) is 49.9 Å². The number of halogens is 1. The zero-order valence-electron chi connectivity index (χ0n) is 16.3. The first-order valence-electron chi connectivity index (χ1n) is 9.78. The molecular formula is C21H29ClN2O3. The van der Waals surface area contributed by atoms with Crippen LogP contribution in [-0.4, -0.2) is 41.6 Å². The highest BCUT2D eigenvalue weighted by molar-refractivity contribution is 6.31. The highest BCUT2D eigenvalue weighted by Gasteiger charge is 2.47. The maximum absolute atomic E-state index is 13.1. The van der Waals surface area contributed by atoms with Crippen molar-refractivity contribution in [3.63, 3.8) is 0 Å². The monoisotopic (exact) mass is 392 g/mol. The van der Waals surface area contributed by atoms with E-state index in [2.05, 4.69) is 5.32 Å². The lowest BCUT2D eigenvalue weighted by Gasteiger charge is -2.36. The summed E-state index contributed by atoms with van der Waals surface area (Å²) in [7, 11) is 0. The predicted octanol–water partition coefficient (Wildman–Crippen LogP) is 4.35. The number of nitrogens with zero attached hydrogens (tertiary/aromatic N) is 1. The van der Waals surface area contributed by atoms with E-state index in [1.54, 1.807) is 0 Å². The quantitative estimate of drug-likeness (QED) is 0.828. The zero-order valence-corrected chi connectivity index (χ0v) is 17.1. The molecule has 2 fully saturated rings. The number of hydrogen-bond acceptors (Lipinski definition) is 3. The van der Waals surface area contributed by atoms with E-state index in [4.69, 9.17) is 16.3 Å². The van der Waals surface area contributed by atoms with Crippen LogP contribution in [0.1, 0.15) is 57.9 Å². The highest BCUT2D eigenvalue weighted by atomic mass is 35.5. The fraction of sp³-hybridized carbons (Fsp3) is 0.619. The molecule has 0 aromatic heterocycles. The predicted molar refractivity (Wildman–Crippen MR) is 106 cm³/mol. The van der Waals surface area contributed by atoms with Gasteiger partial charge in [0.05, 0.1) is 0 Å². The summed E-state index contributed by atoms with van der Waals surface area (Å²) in [6, 6.07) is 7.80. The minimum atomic E-state index is -0.525. The van der Waals surface area contributed by atoms with Gasteiger partial charge in [0.15, 0.2) is 0 Å². The number of carbonyl (C=O) groups excluding carboxylic acids is 2. The number of carbonyl (C=O) groups is 2. The van der Waals surface area contributed by atoms with Gasteiger partial charge in [0.1, 0.15) is 5.60 Å². The largest absolute Gasteiger partial charge is 0.444 e. The number of benzene rings is 1. The van der Waals surface area contributed by atoms with E-state index in [1.165, 1.54) is 0 Å².